The Morgan fingerprint density at radius 1 is 0.625 bits per heavy atom. The molecule has 234 valence electrons. The molecule has 0 rings (SSSR count). The highest BCUT2D eigenvalue weighted by molar-refractivity contribution is 5.73. The number of carbonyl (C=O) groups excluding carboxylic acids is 3. The first-order chi connectivity index (χ1) is 19.4. The van der Waals surface area contributed by atoms with Gasteiger partial charge in [0.15, 0.2) is 0 Å². The highest BCUT2D eigenvalue weighted by Crippen LogP contribution is 2.17. The Morgan fingerprint density at radius 3 is 1.77 bits per heavy atom. The van der Waals surface area contributed by atoms with Gasteiger partial charge < -0.3 is 14.4 Å². The van der Waals surface area contributed by atoms with Crippen molar-refractivity contribution in [2.75, 3.05) is 19.7 Å². The topological polar surface area (TPSA) is 72.9 Å². The number of nitrogens with zero attached hydrogens (tertiary/aromatic N) is 1. The van der Waals surface area contributed by atoms with Crippen LogP contribution in [0.2, 0.25) is 0 Å². The first-order valence-corrected chi connectivity index (χ1v) is 16.7. The molecule has 0 fully saturated rings. The number of amides is 1. The van der Waals surface area contributed by atoms with Crippen molar-refractivity contribution in [3.8, 4) is 0 Å². The van der Waals surface area contributed by atoms with Crippen molar-refractivity contribution in [1.82, 2.24) is 4.90 Å². The Hall–Kier alpha value is -1.85. The second-order valence-electron chi connectivity index (χ2n) is 11.2. The Kier molecular flexibility index (Phi) is 27.3. The highest BCUT2D eigenvalue weighted by Gasteiger charge is 2.15. The van der Waals surface area contributed by atoms with Crippen LogP contribution in [0.25, 0.3) is 0 Å². The lowest BCUT2D eigenvalue weighted by atomic mass is 10.0. The summed E-state index contributed by atoms with van der Waals surface area (Å²) >= 11 is 0. The lowest BCUT2D eigenvalue weighted by Gasteiger charge is -2.21. The molecule has 0 bridgehead atoms. The van der Waals surface area contributed by atoms with Crippen molar-refractivity contribution < 1.29 is 23.9 Å². The van der Waals surface area contributed by atoms with Gasteiger partial charge in [-0.3, -0.25) is 14.4 Å². The van der Waals surface area contributed by atoms with Crippen LogP contribution in [0.4, 0.5) is 0 Å². The van der Waals surface area contributed by atoms with Crippen LogP contribution in [-0.4, -0.2) is 48.5 Å². The van der Waals surface area contributed by atoms with Crippen molar-refractivity contribution in [3.63, 3.8) is 0 Å². The van der Waals surface area contributed by atoms with Crippen molar-refractivity contribution >= 4 is 17.8 Å². The van der Waals surface area contributed by atoms with Gasteiger partial charge >= 0.3 is 11.9 Å². The normalized spacial score (nSPS) is 11.3. The van der Waals surface area contributed by atoms with E-state index in [1.54, 1.807) is 6.92 Å². The minimum atomic E-state index is -0.161. The summed E-state index contributed by atoms with van der Waals surface area (Å²) in [5.41, 5.74) is 0. The lowest BCUT2D eigenvalue weighted by Crippen LogP contribution is -2.31. The number of hydrogen-bond acceptors (Lipinski definition) is 5. The van der Waals surface area contributed by atoms with Gasteiger partial charge in [-0.25, -0.2) is 0 Å². The summed E-state index contributed by atoms with van der Waals surface area (Å²) in [5.74, 6) is -0.269. The first-order valence-electron chi connectivity index (χ1n) is 16.7. The maximum Gasteiger partial charge on any atom is 0.306 e. The van der Waals surface area contributed by atoms with Crippen LogP contribution in [0.3, 0.4) is 0 Å². The zero-order valence-corrected chi connectivity index (χ0v) is 26.7. The second-order valence-corrected chi connectivity index (χ2v) is 11.2. The van der Waals surface area contributed by atoms with E-state index in [-0.39, 0.29) is 23.9 Å². The van der Waals surface area contributed by atoms with Crippen LogP contribution in [-0.2, 0) is 23.9 Å². The number of carbonyl (C=O) groups is 3. The molecular weight excluding hydrogens is 502 g/mol. The number of ether oxygens (including phenoxy) is 2. The van der Waals surface area contributed by atoms with Crippen molar-refractivity contribution in [2.45, 2.75) is 169 Å². The van der Waals surface area contributed by atoms with E-state index in [2.05, 4.69) is 26.8 Å². The molecule has 0 aromatic carbocycles. The largest absolute Gasteiger partial charge is 0.462 e. The monoisotopic (exact) mass is 565 g/mol. The molecule has 0 heterocycles. The van der Waals surface area contributed by atoms with E-state index in [1.165, 1.54) is 64.2 Å². The molecule has 0 aliphatic rings. The van der Waals surface area contributed by atoms with E-state index in [9.17, 15) is 14.4 Å². The van der Waals surface area contributed by atoms with E-state index < -0.39 is 0 Å². The molecule has 0 spiro atoms. The maximum absolute atomic E-state index is 12.5. The smallest absolute Gasteiger partial charge is 0.306 e. The summed E-state index contributed by atoms with van der Waals surface area (Å²) < 4.78 is 11.1. The fourth-order valence-electron chi connectivity index (χ4n) is 4.78. The molecule has 0 aromatic rings. The Balaban J connectivity index is 4.13. The van der Waals surface area contributed by atoms with E-state index in [0.29, 0.717) is 39.0 Å². The molecule has 1 amide bonds. The third-order valence-electron chi connectivity index (χ3n) is 7.35. The number of allylic oxidation sites excluding steroid dienone is 1. The van der Waals surface area contributed by atoms with Crippen molar-refractivity contribution in [1.29, 1.82) is 0 Å². The molecule has 0 unspecified atom stereocenters. The zero-order chi connectivity index (χ0) is 29.7. The summed E-state index contributed by atoms with van der Waals surface area (Å²) in [6.07, 6.45) is 25.4. The van der Waals surface area contributed by atoms with Gasteiger partial charge in [0.2, 0.25) is 5.91 Å². The van der Waals surface area contributed by atoms with Crippen LogP contribution in [0.5, 0.6) is 0 Å². The molecule has 40 heavy (non-hydrogen) atoms. The fourth-order valence-corrected chi connectivity index (χ4v) is 4.78. The standard InChI is InChI=1S/C34H63NO5/c1-5-8-11-14-15-16-22-30-39-33(37)26-20-17-21-28-35(31(4)36)29-23-27-34(38)40-32(24-18-12-9-6-2)25-19-13-10-7-3/h16,22,32H,5-15,17-21,23-30H2,1-4H3/b22-16-. The Labute approximate surface area is 247 Å². The molecule has 0 saturated heterocycles. The molecule has 0 aliphatic heterocycles. The van der Waals surface area contributed by atoms with Gasteiger partial charge in [0.05, 0.1) is 0 Å². The van der Waals surface area contributed by atoms with E-state index in [4.69, 9.17) is 9.47 Å². The number of unbranched alkanes of at least 4 members (excludes halogenated alkanes) is 12. The SMILES string of the molecule is CCCCCC/C=C\COC(=O)CCCCCN(CCCC(=O)OC(CCCCCC)CCCCCC)C(C)=O. The van der Waals surface area contributed by atoms with Gasteiger partial charge in [-0.15, -0.1) is 0 Å². The zero-order valence-electron chi connectivity index (χ0n) is 26.7. The summed E-state index contributed by atoms with van der Waals surface area (Å²) in [7, 11) is 0. The minimum absolute atomic E-state index is 0.0268. The van der Waals surface area contributed by atoms with Crippen LogP contribution in [0.15, 0.2) is 12.2 Å². The Morgan fingerprint density at radius 2 is 1.18 bits per heavy atom. The molecule has 6 nitrogen and oxygen atoms in total. The second kappa shape index (κ2) is 28.7. The minimum Gasteiger partial charge on any atom is -0.462 e. The highest BCUT2D eigenvalue weighted by atomic mass is 16.5. The molecule has 6 heteroatoms. The number of hydrogen-bond donors (Lipinski definition) is 0. The van der Waals surface area contributed by atoms with Crippen LogP contribution >= 0.6 is 0 Å². The molecule has 0 atom stereocenters. The van der Waals surface area contributed by atoms with Crippen LogP contribution in [0, 0.1) is 0 Å². The molecule has 0 radical (unpaired) electrons. The first kappa shape index (κ1) is 38.1. The van der Waals surface area contributed by atoms with E-state index in [1.807, 2.05) is 11.0 Å². The average molecular weight is 566 g/mol. The van der Waals surface area contributed by atoms with E-state index in [0.717, 1.165) is 51.4 Å². The summed E-state index contributed by atoms with van der Waals surface area (Å²) in [4.78, 5) is 38.3. The molecule has 0 aromatic heterocycles. The molecular formula is C34H63NO5. The van der Waals surface area contributed by atoms with Gasteiger partial charge in [-0.2, -0.15) is 0 Å². The fraction of sp³-hybridized carbons (Fsp3) is 0.853. The third-order valence-corrected chi connectivity index (χ3v) is 7.35. The quantitative estimate of drug-likeness (QED) is 0.0537. The third kappa shape index (κ3) is 25.1. The summed E-state index contributed by atoms with van der Waals surface area (Å²) in [6.45, 7) is 9.77. The van der Waals surface area contributed by atoms with Crippen molar-refractivity contribution in [3.05, 3.63) is 12.2 Å². The molecule has 0 aliphatic carbocycles. The van der Waals surface area contributed by atoms with Gasteiger partial charge in [-0.05, 0) is 57.8 Å². The average Bonchev–Trinajstić information content (AvgIpc) is 2.93. The predicted octanol–water partition coefficient (Wildman–Crippen LogP) is 9.10. The Bertz CT molecular complexity index is 636. The molecule has 0 saturated carbocycles. The number of esters is 2. The van der Waals surface area contributed by atoms with E-state index >= 15 is 0 Å². The van der Waals surface area contributed by atoms with Crippen LogP contribution < -0.4 is 0 Å². The van der Waals surface area contributed by atoms with Gasteiger partial charge in [0, 0.05) is 32.9 Å². The van der Waals surface area contributed by atoms with Crippen molar-refractivity contribution in [2.24, 2.45) is 0 Å². The number of rotatable bonds is 28. The van der Waals surface area contributed by atoms with Crippen LogP contribution in [0.1, 0.15) is 163 Å². The van der Waals surface area contributed by atoms with Gasteiger partial charge in [0.1, 0.15) is 12.7 Å². The molecule has 0 N–H and O–H groups in total. The lowest BCUT2D eigenvalue weighted by molar-refractivity contribution is -0.150. The van der Waals surface area contributed by atoms with Gasteiger partial charge in [0.25, 0.3) is 0 Å². The summed E-state index contributed by atoms with van der Waals surface area (Å²) in [5, 5.41) is 0. The van der Waals surface area contributed by atoms with Gasteiger partial charge in [-0.1, -0.05) is 97.1 Å². The maximum atomic E-state index is 12.5. The summed E-state index contributed by atoms with van der Waals surface area (Å²) in [6, 6.07) is 0. The predicted molar refractivity (Wildman–Crippen MR) is 166 cm³/mol.